The lowest BCUT2D eigenvalue weighted by Gasteiger charge is -2.31. The molecule has 0 spiro atoms. The third-order valence-corrected chi connectivity index (χ3v) is 4.64. The van der Waals surface area contributed by atoms with Crippen LogP contribution in [-0.4, -0.2) is 7.05 Å². The van der Waals surface area contributed by atoms with Gasteiger partial charge in [0, 0.05) is 16.4 Å². The first-order valence-corrected chi connectivity index (χ1v) is 7.60. The molecule has 106 valence electrons. The molecule has 2 atom stereocenters. The van der Waals surface area contributed by atoms with Crippen molar-refractivity contribution in [1.82, 2.24) is 5.32 Å². The van der Waals surface area contributed by atoms with Crippen molar-refractivity contribution in [2.75, 3.05) is 7.05 Å². The number of fused-ring (bicyclic) bond motifs is 1. The van der Waals surface area contributed by atoms with E-state index in [0.29, 0.717) is 12.0 Å². The molecule has 3 heteroatoms. The van der Waals surface area contributed by atoms with E-state index in [1.54, 1.807) is 0 Å². The Labute approximate surface area is 135 Å². The van der Waals surface area contributed by atoms with Gasteiger partial charge in [-0.2, -0.15) is 0 Å². The first kappa shape index (κ1) is 15.6. The van der Waals surface area contributed by atoms with Crippen LogP contribution in [0.4, 0.5) is 0 Å². The van der Waals surface area contributed by atoms with Crippen LogP contribution in [0.5, 0.6) is 0 Å². The highest BCUT2D eigenvalue weighted by Gasteiger charge is 2.26. The van der Waals surface area contributed by atoms with E-state index in [-0.39, 0.29) is 12.4 Å². The van der Waals surface area contributed by atoms with Gasteiger partial charge in [0.2, 0.25) is 0 Å². The van der Waals surface area contributed by atoms with Crippen molar-refractivity contribution in [3.8, 4) is 0 Å². The topological polar surface area (TPSA) is 12.0 Å². The van der Waals surface area contributed by atoms with Crippen molar-refractivity contribution in [3.63, 3.8) is 0 Å². The van der Waals surface area contributed by atoms with Crippen LogP contribution in [0.3, 0.4) is 0 Å². The zero-order chi connectivity index (χ0) is 13.2. The molecule has 1 aliphatic rings. The summed E-state index contributed by atoms with van der Waals surface area (Å²) in [4.78, 5) is 0. The second-order valence-corrected chi connectivity index (χ2v) is 6.07. The molecule has 1 aliphatic carbocycles. The lowest BCUT2D eigenvalue weighted by molar-refractivity contribution is 0.471. The Kier molecular flexibility index (Phi) is 5.25. The first-order chi connectivity index (χ1) is 9.29. The second-order valence-electron chi connectivity index (χ2n) is 5.15. The van der Waals surface area contributed by atoms with Gasteiger partial charge in [-0.15, -0.1) is 12.4 Å². The fraction of sp³-hybridized carbons (Fsp3) is 0.294. The van der Waals surface area contributed by atoms with E-state index in [4.69, 9.17) is 0 Å². The molecule has 2 aromatic carbocycles. The standard InChI is InChI=1S/C17H18BrN.ClH/c1-19-17-11-10-14(12-6-8-13(18)9-7-12)15-4-2-3-5-16(15)17;/h2-9,14,17,19H,10-11H2,1H3;1H. The molecule has 0 saturated carbocycles. The van der Waals surface area contributed by atoms with Gasteiger partial charge < -0.3 is 5.32 Å². The van der Waals surface area contributed by atoms with E-state index in [9.17, 15) is 0 Å². The highest BCUT2D eigenvalue weighted by molar-refractivity contribution is 9.10. The van der Waals surface area contributed by atoms with Crippen LogP contribution in [0, 0.1) is 0 Å². The molecule has 20 heavy (non-hydrogen) atoms. The molecule has 0 saturated heterocycles. The maximum absolute atomic E-state index is 3.51. The van der Waals surface area contributed by atoms with Crippen molar-refractivity contribution in [3.05, 3.63) is 69.7 Å². The maximum Gasteiger partial charge on any atom is 0.0320 e. The molecule has 0 bridgehead atoms. The van der Waals surface area contributed by atoms with Gasteiger partial charge in [-0.05, 0) is 48.7 Å². The van der Waals surface area contributed by atoms with Crippen LogP contribution >= 0.6 is 28.3 Å². The molecule has 2 unspecified atom stereocenters. The summed E-state index contributed by atoms with van der Waals surface area (Å²) >= 11 is 3.51. The Morgan fingerprint density at radius 1 is 0.950 bits per heavy atom. The van der Waals surface area contributed by atoms with Gasteiger partial charge >= 0.3 is 0 Å². The summed E-state index contributed by atoms with van der Waals surface area (Å²) in [6.07, 6.45) is 2.42. The third-order valence-electron chi connectivity index (χ3n) is 4.11. The average Bonchev–Trinajstić information content (AvgIpc) is 2.47. The predicted molar refractivity (Wildman–Crippen MR) is 90.7 cm³/mol. The Morgan fingerprint density at radius 2 is 1.60 bits per heavy atom. The monoisotopic (exact) mass is 351 g/mol. The van der Waals surface area contributed by atoms with Crippen LogP contribution in [-0.2, 0) is 0 Å². The molecule has 2 aromatic rings. The minimum absolute atomic E-state index is 0. The van der Waals surface area contributed by atoms with Gasteiger partial charge in [0.05, 0.1) is 0 Å². The van der Waals surface area contributed by atoms with Gasteiger partial charge in [-0.3, -0.25) is 0 Å². The Hall–Kier alpha value is -0.830. The Balaban J connectivity index is 0.00000147. The van der Waals surface area contributed by atoms with Gasteiger partial charge in [0.25, 0.3) is 0 Å². The molecular weight excluding hydrogens is 334 g/mol. The minimum atomic E-state index is 0. The summed E-state index contributed by atoms with van der Waals surface area (Å²) in [5, 5.41) is 3.43. The van der Waals surface area contributed by atoms with Crippen molar-refractivity contribution < 1.29 is 0 Å². The zero-order valence-corrected chi connectivity index (χ0v) is 13.9. The van der Waals surface area contributed by atoms with Crippen LogP contribution in [0.1, 0.15) is 41.5 Å². The van der Waals surface area contributed by atoms with Gasteiger partial charge in [-0.1, -0.05) is 52.3 Å². The molecule has 0 heterocycles. The summed E-state index contributed by atoms with van der Waals surface area (Å²) in [6, 6.07) is 18.1. The predicted octanol–water partition coefficient (Wildman–Crippen LogP) is 5.06. The fourth-order valence-electron chi connectivity index (χ4n) is 3.13. The van der Waals surface area contributed by atoms with Crippen LogP contribution in [0.2, 0.25) is 0 Å². The molecule has 0 fully saturated rings. The molecular formula is C17H19BrClN. The molecule has 0 aliphatic heterocycles. The van der Waals surface area contributed by atoms with E-state index in [1.165, 1.54) is 29.5 Å². The number of rotatable bonds is 2. The van der Waals surface area contributed by atoms with E-state index >= 15 is 0 Å². The highest BCUT2D eigenvalue weighted by atomic mass is 79.9. The lowest BCUT2D eigenvalue weighted by atomic mass is 9.77. The fourth-order valence-corrected chi connectivity index (χ4v) is 3.40. The summed E-state index contributed by atoms with van der Waals surface area (Å²) in [6.45, 7) is 0. The van der Waals surface area contributed by atoms with Crippen LogP contribution in [0.25, 0.3) is 0 Å². The molecule has 0 radical (unpaired) electrons. The largest absolute Gasteiger partial charge is 0.313 e. The second kappa shape index (κ2) is 6.75. The van der Waals surface area contributed by atoms with Crippen LogP contribution in [0.15, 0.2) is 53.0 Å². The minimum Gasteiger partial charge on any atom is -0.313 e. The summed E-state index contributed by atoms with van der Waals surface area (Å²) < 4.78 is 1.15. The molecule has 1 N–H and O–H groups in total. The molecule has 0 aromatic heterocycles. The zero-order valence-electron chi connectivity index (χ0n) is 11.5. The summed E-state index contributed by atoms with van der Waals surface area (Å²) in [7, 11) is 2.06. The highest BCUT2D eigenvalue weighted by Crippen LogP contribution is 2.41. The SMILES string of the molecule is CNC1CCC(c2ccc(Br)cc2)c2ccccc21.Cl. The smallest absolute Gasteiger partial charge is 0.0320 e. The number of hydrogen-bond donors (Lipinski definition) is 1. The van der Waals surface area contributed by atoms with E-state index < -0.39 is 0 Å². The van der Waals surface area contributed by atoms with Gasteiger partial charge in [-0.25, -0.2) is 0 Å². The summed E-state index contributed by atoms with van der Waals surface area (Å²) in [5.74, 6) is 0.536. The summed E-state index contributed by atoms with van der Waals surface area (Å²) in [5.41, 5.74) is 4.37. The maximum atomic E-state index is 3.51. The quantitative estimate of drug-likeness (QED) is 0.797. The third kappa shape index (κ3) is 2.93. The van der Waals surface area contributed by atoms with Crippen molar-refractivity contribution in [2.24, 2.45) is 0 Å². The number of hydrogen-bond acceptors (Lipinski definition) is 1. The molecule has 0 amide bonds. The first-order valence-electron chi connectivity index (χ1n) is 6.81. The van der Waals surface area contributed by atoms with Gasteiger partial charge in [0.1, 0.15) is 0 Å². The molecule has 3 rings (SSSR count). The lowest BCUT2D eigenvalue weighted by Crippen LogP contribution is -2.24. The Bertz CT molecular complexity index is 567. The van der Waals surface area contributed by atoms with Gasteiger partial charge in [0.15, 0.2) is 0 Å². The van der Waals surface area contributed by atoms with E-state index in [0.717, 1.165) is 4.47 Å². The molecule has 1 nitrogen and oxygen atoms in total. The normalized spacial score (nSPS) is 20.9. The van der Waals surface area contributed by atoms with Crippen molar-refractivity contribution in [1.29, 1.82) is 0 Å². The van der Waals surface area contributed by atoms with E-state index in [1.807, 2.05) is 0 Å². The number of nitrogens with one attached hydrogen (secondary N) is 1. The van der Waals surface area contributed by atoms with Crippen molar-refractivity contribution in [2.45, 2.75) is 24.8 Å². The Morgan fingerprint density at radius 3 is 2.25 bits per heavy atom. The number of halogens is 2. The van der Waals surface area contributed by atoms with Crippen LogP contribution < -0.4 is 5.32 Å². The van der Waals surface area contributed by atoms with Crippen molar-refractivity contribution >= 4 is 28.3 Å². The van der Waals surface area contributed by atoms with E-state index in [2.05, 4.69) is 76.8 Å². The number of benzene rings is 2. The average molecular weight is 353 g/mol.